The Labute approximate surface area is 128 Å². The minimum absolute atomic E-state index is 0.232. The van der Waals surface area contributed by atoms with Gasteiger partial charge in [0.05, 0.1) is 19.3 Å². The molecule has 1 spiro atoms. The number of aliphatic hydroxyl groups is 1. The highest BCUT2D eigenvalue weighted by atomic mass is 35.5. The van der Waals surface area contributed by atoms with Gasteiger partial charge >= 0.3 is 0 Å². The Morgan fingerprint density at radius 1 is 1.43 bits per heavy atom. The number of rotatable bonds is 3. The van der Waals surface area contributed by atoms with Crippen LogP contribution in [-0.4, -0.2) is 55.1 Å². The Morgan fingerprint density at radius 3 is 3.00 bits per heavy atom. The van der Waals surface area contributed by atoms with Crippen molar-refractivity contribution in [2.24, 2.45) is 0 Å². The molecule has 0 aromatic heterocycles. The molecule has 0 bridgehead atoms. The Kier molecular flexibility index (Phi) is 4.47. The molecule has 4 nitrogen and oxygen atoms in total. The maximum atomic E-state index is 13.1. The average Bonchev–Trinajstić information content (AvgIpc) is 2.86. The standard InChI is InChI=1S/C15H19ClFNO3/c16-13-7-11(17)1-2-12(13)14(19)8-18-4-6-21-15(9-18)3-5-20-10-15/h1-2,7,14,19H,3-6,8-10H2. The van der Waals surface area contributed by atoms with Crippen molar-refractivity contribution in [2.45, 2.75) is 18.1 Å². The summed E-state index contributed by atoms with van der Waals surface area (Å²) in [7, 11) is 0. The van der Waals surface area contributed by atoms with Crippen LogP contribution in [0.25, 0.3) is 0 Å². The third kappa shape index (κ3) is 3.38. The van der Waals surface area contributed by atoms with E-state index < -0.39 is 11.9 Å². The van der Waals surface area contributed by atoms with Gasteiger partial charge in [-0.25, -0.2) is 4.39 Å². The molecule has 2 heterocycles. The Bertz CT molecular complexity index is 508. The monoisotopic (exact) mass is 315 g/mol. The van der Waals surface area contributed by atoms with Crippen LogP contribution in [0.5, 0.6) is 0 Å². The lowest BCUT2D eigenvalue weighted by Crippen LogP contribution is -2.53. The van der Waals surface area contributed by atoms with Gasteiger partial charge in [0.15, 0.2) is 0 Å². The van der Waals surface area contributed by atoms with Gasteiger partial charge in [0.25, 0.3) is 0 Å². The summed E-state index contributed by atoms with van der Waals surface area (Å²) in [4.78, 5) is 2.16. The predicted octanol–water partition coefficient (Wildman–Crippen LogP) is 2.00. The van der Waals surface area contributed by atoms with Crippen molar-refractivity contribution in [3.8, 4) is 0 Å². The van der Waals surface area contributed by atoms with Gasteiger partial charge in [0.2, 0.25) is 0 Å². The van der Waals surface area contributed by atoms with Gasteiger partial charge in [-0.05, 0) is 12.1 Å². The second-order valence-corrected chi connectivity index (χ2v) is 6.16. The van der Waals surface area contributed by atoms with E-state index in [4.69, 9.17) is 21.1 Å². The molecule has 2 unspecified atom stereocenters. The quantitative estimate of drug-likeness (QED) is 0.926. The fourth-order valence-electron chi connectivity index (χ4n) is 3.02. The summed E-state index contributed by atoms with van der Waals surface area (Å²) in [6.45, 7) is 3.92. The molecule has 2 aliphatic heterocycles. The molecule has 6 heteroatoms. The maximum Gasteiger partial charge on any atom is 0.124 e. The molecule has 0 amide bonds. The predicted molar refractivity (Wildman–Crippen MR) is 76.9 cm³/mol. The van der Waals surface area contributed by atoms with E-state index in [1.165, 1.54) is 18.2 Å². The molecule has 0 aliphatic carbocycles. The fourth-order valence-corrected chi connectivity index (χ4v) is 3.31. The van der Waals surface area contributed by atoms with Crippen LogP contribution in [0.4, 0.5) is 4.39 Å². The van der Waals surface area contributed by atoms with E-state index in [1.54, 1.807) is 0 Å². The zero-order valence-electron chi connectivity index (χ0n) is 11.7. The number of halogens is 2. The Morgan fingerprint density at radius 2 is 2.29 bits per heavy atom. The lowest BCUT2D eigenvalue weighted by molar-refractivity contribution is -0.114. The highest BCUT2D eigenvalue weighted by Crippen LogP contribution is 2.30. The van der Waals surface area contributed by atoms with E-state index in [0.717, 1.165) is 26.1 Å². The lowest BCUT2D eigenvalue weighted by Gasteiger charge is -2.40. The topological polar surface area (TPSA) is 41.9 Å². The lowest BCUT2D eigenvalue weighted by atomic mass is 10.00. The van der Waals surface area contributed by atoms with E-state index in [1.807, 2.05) is 0 Å². The molecular weight excluding hydrogens is 297 g/mol. The largest absolute Gasteiger partial charge is 0.387 e. The van der Waals surface area contributed by atoms with E-state index in [2.05, 4.69) is 4.90 Å². The molecule has 2 fully saturated rings. The van der Waals surface area contributed by atoms with Gasteiger partial charge in [-0.1, -0.05) is 17.7 Å². The highest BCUT2D eigenvalue weighted by Gasteiger charge is 2.40. The van der Waals surface area contributed by atoms with Crippen LogP contribution < -0.4 is 0 Å². The average molecular weight is 316 g/mol. The minimum Gasteiger partial charge on any atom is -0.387 e. The SMILES string of the molecule is OC(CN1CCOC2(CCOC2)C1)c1ccc(F)cc1Cl. The van der Waals surface area contributed by atoms with Crippen molar-refractivity contribution in [3.05, 3.63) is 34.6 Å². The normalized spacial score (nSPS) is 28.1. The first kappa shape index (κ1) is 15.2. The molecule has 3 rings (SSSR count). The van der Waals surface area contributed by atoms with Gasteiger partial charge in [-0.15, -0.1) is 0 Å². The zero-order chi connectivity index (χ0) is 14.9. The summed E-state index contributed by atoms with van der Waals surface area (Å²) in [6, 6.07) is 4.08. The third-order valence-corrected chi connectivity index (χ3v) is 4.47. The van der Waals surface area contributed by atoms with Crippen LogP contribution in [0.15, 0.2) is 18.2 Å². The van der Waals surface area contributed by atoms with E-state index in [0.29, 0.717) is 25.3 Å². The summed E-state index contributed by atoms with van der Waals surface area (Å²) in [5.74, 6) is -0.399. The van der Waals surface area contributed by atoms with Crippen LogP contribution in [0, 0.1) is 5.82 Å². The van der Waals surface area contributed by atoms with E-state index in [9.17, 15) is 9.50 Å². The minimum atomic E-state index is -0.740. The highest BCUT2D eigenvalue weighted by molar-refractivity contribution is 6.31. The first-order valence-electron chi connectivity index (χ1n) is 7.15. The molecule has 1 aromatic carbocycles. The van der Waals surface area contributed by atoms with Gasteiger partial charge in [0, 0.05) is 43.2 Å². The van der Waals surface area contributed by atoms with Crippen molar-refractivity contribution in [3.63, 3.8) is 0 Å². The van der Waals surface area contributed by atoms with Gasteiger partial charge in [-0.3, -0.25) is 4.90 Å². The van der Waals surface area contributed by atoms with Gasteiger partial charge in [0.1, 0.15) is 11.4 Å². The molecular formula is C15H19ClFNO3. The number of nitrogens with zero attached hydrogens (tertiary/aromatic N) is 1. The fraction of sp³-hybridized carbons (Fsp3) is 0.600. The van der Waals surface area contributed by atoms with Crippen LogP contribution in [-0.2, 0) is 9.47 Å². The summed E-state index contributed by atoms with van der Waals surface area (Å²) in [6.07, 6.45) is 0.146. The zero-order valence-corrected chi connectivity index (χ0v) is 12.5. The molecule has 1 aromatic rings. The molecule has 2 aliphatic rings. The van der Waals surface area contributed by atoms with Crippen LogP contribution in [0.1, 0.15) is 18.1 Å². The van der Waals surface area contributed by atoms with Crippen molar-refractivity contribution in [1.29, 1.82) is 0 Å². The first-order chi connectivity index (χ1) is 10.1. The van der Waals surface area contributed by atoms with E-state index >= 15 is 0 Å². The number of morpholine rings is 1. The molecule has 2 atom stereocenters. The Balaban J connectivity index is 1.65. The molecule has 1 N–H and O–H groups in total. The van der Waals surface area contributed by atoms with Crippen LogP contribution in [0.3, 0.4) is 0 Å². The van der Waals surface area contributed by atoms with Crippen LogP contribution >= 0.6 is 11.6 Å². The second kappa shape index (κ2) is 6.18. The number of benzene rings is 1. The molecule has 2 saturated heterocycles. The smallest absolute Gasteiger partial charge is 0.124 e. The molecule has 0 saturated carbocycles. The molecule has 0 radical (unpaired) electrons. The number of hydrogen-bond donors (Lipinski definition) is 1. The van der Waals surface area contributed by atoms with E-state index in [-0.39, 0.29) is 10.6 Å². The third-order valence-electron chi connectivity index (χ3n) is 4.15. The van der Waals surface area contributed by atoms with Crippen molar-refractivity contribution in [1.82, 2.24) is 4.90 Å². The second-order valence-electron chi connectivity index (χ2n) is 5.75. The van der Waals surface area contributed by atoms with Crippen molar-refractivity contribution in [2.75, 3.05) is 39.5 Å². The van der Waals surface area contributed by atoms with Gasteiger partial charge < -0.3 is 14.6 Å². The molecule has 116 valence electrons. The first-order valence-corrected chi connectivity index (χ1v) is 7.53. The number of β-amino-alcohol motifs (C(OH)–C–C–N with tert-alkyl or cyclic N) is 1. The summed E-state index contributed by atoms with van der Waals surface area (Å²) in [5.41, 5.74) is 0.325. The van der Waals surface area contributed by atoms with Crippen LogP contribution in [0.2, 0.25) is 5.02 Å². The maximum absolute atomic E-state index is 13.1. The number of ether oxygens (including phenoxy) is 2. The van der Waals surface area contributed by atoms with Crippen molar-refractivity contribution < 1.29 is 19.0 Å². The van der Waals surface area contributed by atoms with Gasteiger partial charge in [-0.2, -0.15) is 0 Å². The summed E-state index contributed by atoms with van der Waals surface area (Å²) in [5, 5.41) is 10.6. The van der Waals surface area contributed by atoms with Crippen molar-refractivity contribution >= 4 is 11.6 Å². The number of aliphatic hydroxyl groups excluding tert-OH is 1. The summed E-state index contributed by atoms with van der Waals surface area (Å²) >= 11 is 6.00. The molecule has 21 heavy (non-hydrogen) atoms. The summed E-state index contributed by atoms with van der Waals surface area (Å²) < 4.78 is 24.4. The number of hydrogen-bond acceptors (Lipinski definition) is 4. The Hall–Kier alpha value is -0.720.